The molecule has 2 atom stereocenters. The first-order chi connectivity index (χ1) is 12.1. The van der Waals surface area contributed by atoms with Crippen molar-refractivity contribution in [3.05, 3.63) is 64.9 Å². The second kappa shape index (κ2) is 6.45. The Bertz CT molecular complexity index is 901. The van der Waals surface area contributed by atoms with Crippen molar-refractivity contribution < 1.29 is 13.9 Å². The lowest BCUT2D eigenvalue weighted by atomic mass is 9.95. The van der Waals surface area contributed by atoms with Gasteiger partial charge in [0.25, 0.3) is 0 Å². The smallest absolute Gasteiger partial charge is 0.227 e. The molecule has 1 N–H and O–H groups in total. The van der Waals surface area contributed by atoms with Gasteiger partial charge in [0.1, 0.15) is 23.7 Å². The summed E-state index contributed by atoms with van der Waals surface area (Å²) >= 11 is 6.04. The molecule has 0 fully saturated rings. The zero-order chi connectivity index (χ0) is 17.4. The molecule has 25 heavy (non-hydrogen) atoms. The van der Waals surface area contributed by atoms with Gasteiger partial charge in [-0.15, -0.1) is 0 Å². The number of hydrogen-bond acceptors (Lipinski definition) is 3. The summed E-state index contributed by atoms with van der Waals surface area (Å²) in [4.78, 5) is 12.6. The Morgan fingerprint density at radius 1 is 1.24 bits per heavy atom. The van der Waals surface area contributed by atoms with E-state index < -0.39 is 0 Å². The van der Waals surface area contributed by atoms with Crippen LogP contribution in [0.1, 0.15) is 24.3 Å². The number of amides is 1. The predicted octanol–water partition coefficient (Wildman–Crippen LogP) is 4.51. The van der Waals surface area contributed by atoms with E-state index in [1.807, 2.05) is 49.4 Å². The van der Waals surface area contributed by atoms with Gasteiger partial charge in [0.05, 0.1) is 12.0 Å². The zero-order valence-corrected chi connectivity index (χ0v) is 14.5. The topological polar surface area (TPSA) is 51.5 Å². The number of hydrogen-bond donors (Lipinski definition) is 1. The average molecular weight is 356 g/mol. The van der Waals surface area contributed by atoms with Crippen LogP contribution in [0.2, 0.25) is 5.02 Å². The standard InChI is InChI=1S/C20H18ClNO3/c1-12(19-10-13-4-2-3-5-18(13)25-19)22-20(23)15-8-14-9-16(21)6-7-17(14)24-11-15/h2-7,9-10,12,15H,8,11H2,1H3,(H,22,23). The van der Waals surface area contributed by atoms with Crippen molar-refractivity contribution >= 4 is 28.5 Å². The number of fused-ring (bicyclic) bond motifs is 2. The van der Waals surface area contributed by atoms with E-state index in [1.54, 1.807) is 6.07 Å². The van der Waals surface area contributed by atoms with Crippen LogP contribution < -0.4 is 10.1 Å². The number of ether oxygens (including phenoxy) is 1. The van der Waals surface area contributed by atoms with Crippen LogP contribution in [0, 0.1) is 5.92 Å². The highest BCUT2D eigenvalue weighted by molar-refractivity contribution is 6.30. The highest BCUT2D eigenvalue weighted by atomic mass is 35.5. The fraction of sp³-hybridized carbons (Fsp3) is 0.250. The summed E-state index contributed by atoms with van der Waals surface area (Å²) in [5, 5.41) is 4.71. The van der Waals surface area contributed by atoms with Gasteiger partial charge in [-0.05, 0) is 49.2 Å². The molecule has 1 aromatic heterocycles. The minimum absolute atomic E-state index is 0.0430. The van der Waals surface area contributed by atoms with Crippen LogP contribution in [0.4, 0.5) is 0 Å². The fourth-order valence-electron chi connectivity index (χ4n) is 3.15. The Morgan fingerprint density at radius 2 is 2.08 bits per heavy atom. The van der Waals surface area contributed by atoms with Crippen molar-refractivity contribution in [1.29, 1.82) is 0 Å². The van der Waals surface area contributed by atoms with Crippen molar-refractivity contribution in [3.63, 3.8) is 0 Å². The Kier molecular flexibility index (Phi) is 4.14. The molecule has 0 bridgehead atoms. The van der Waals surface area contributed by atoms with E-state index in [2.05, 4.69) is 5.32 Å². The second-order valence-corrected chi connectivity index (χ2v) is 6.82. The number of benzene rings is 2. The molecule has 0 aliphatic carbocycles. The largest absolute Gasteiger partial charge is 0.492 e. The lowest BCUT2D eigenvalue weighted by Gasteiger charge is -2.25. The molecule has 128 valence electrons. The molecule has 4 rings (SSSR count). The van der Waals surface area contributed by atoms with Gasteiger partial charge in [-0.1, -0.05) is 29.8 Å². The van der Waals surface area contributed by atoms with E-state index in [0.29, 0.717) is 18.1 Å². The molecule has 0 saturated carbocycles. The van der Waals surface area contributed by atoms with Crippen molar-refractivity contribution in [2.75, 3.05) is 6.61 Å². The van der Waals surface area contributed by atoms with Gasteiger partial charge in [0, 0.05) is 10.4 Å². The molecule has 0 spiro atoms. The Morgan fingerprint density at radius 3 is 2.92 bits per heavy atom. The molecule has 2 heterocycles. The molecular weight excluding hydrogens is 338 g/mol. The summed E-state index contributed by atoms with van der Waals surface area (Å²) in [5.74, 6) is 1.27. The van der Waals surface area contributed by atoms with Crippen LogP contribution in [-0.2, 0) is 11.2 Å². The van der Waals surface area contributed by atoms with Crippen LogP contribution in [0.25, 0.3) is 11.0 Å². The molecule has 1 aliphatic heterocycles. The van der Waals surface area contributed by atoms with Crippen LogP contribution >= 0.6 is 11.6 Å². The van der Waals surface area contributed by atoms with E-state index in [4.69, 9.17) is 20.8 Å². The first kappa shape index (κ1) is 16.0. The van der Waals surface area contributed by atoms with Crippen LogP contribution in [0.5, 0.6) is 5.75 Å². The summed E-state index contributed by atoms with van der Waals surface area (Å²) in [6.45, 7) is 2.29. The Hall–Kier alpha value is -2.46. The molecular formula is C20H18ClNO3. The van der Waals surface area contributed by atoms with Crippen LogP contribution in [0.3, 0.4) is 0 Å². The van der Waals surface area contributed by atoms with Gasteiger partial charge >= 0.3 is 0 Å². The maximum Gasteiger partial charge on any atom is 0.227 e. The summed E-state index contributed by atoms with van der Waals surface area (Å²) in [5.41, 5.74) is 1.79. The number of carbonyl (C=O) groups is 1. The number of furan rings is 1. The van der Waals surface area contributed by atoms with Crippen molar-refractivity contribution in [2.24, 2.45) is 5.92 Å². The lowest BCUT2D eigenvalue weighted by molar-refractivity contribution is -0.127. The number of carbonyl (C=O) groups excluding carboxylic acids is 1. The van der Waals surface area contributed by atoms with E-state index in [-0.39, 0.29) is 17.9 Å². The molecule has 1 amide bonds. The Labute approximate surface area is 150 Å². The highest BCUT2D eigenvalue weighted by Gasteiger charge is 2.27. The van der Waals surface area contributed by atoms with E-state index in [9.17, 15) is 4.79 Å². The minimum Gasteiger partial charge on any atom is -0.492 e. The number of nitrogens with one attached hydrogen (secondary N) is 1. The zero-order valence-electron chi connectivity index (χ0n) is 13.8. The van der Waals surface area contributed by atoms with E-state index in [1.165, 1.54) is 0 Å². The van der Waals surface area contributed by atoms with Gasteiger partial charge in [-0.2, -0.15) is 0 Å². The summed E-state index contributed by atoms with van der Waals surface area (Å²) in [6, 6.07) is 15.1. The van der Waals surface area contributed by atoms with Gasteiger partial charge < -0.3 is 14.5 Å². The number of para-hydroxylation sites is 1. The predicted molar refractivity (Wildman–Crippen MR) is 96.9 cm³/mol. The maximum absolute atomic E-state index is 12.6. The molecule has 3 aromatic rings. The fourth-order valence-corrected chi connectivity index (χ4v) is 3.34. The normalized spacial score (nSPS) is 17.6. The third kappa shape index (κ3) is 3.22. The quantitative estimate of drug-likeness (QED) is 0.751. The first-order valence-electron chi connectivity index (χ1n) is 8.30. The summed E-state index contributed by atoms with van der Waals surface area (Å²) < 4.78 is 11.5. The summed E-state index contributed by atoms with van der Waals surface area (Å²) in [6.07, 6.45) is 0.620. The van der Waals surface area contributed by atoms with Crippen molar-refractivity contribution in [1.82, 2.24) is 5.32 Å². The molecule has 0 saturated heterocycles. The highest BCUT2D eigenvalue weighted by Crippen LogP contribution is 2.30. The number of rotatable bonds is 3. The minimum atomic E-state index is -0.238. The molecule has 2 aromatic carbocycles. The molecule has 2 unspecified atom stereocenters. The Balaban J connectivity index is 1.46. The third-order valence-corrected chi connectivity index (χ3v) is 4.76. The van der Waals surface area contributed by atoms with Gasteiger partial charge in [-0.25, -0.2) is 0 Å². The van der Waals surface area contributed by atoms with Gasteiger partial charge in [-0.3, -0.25) is 4.79 Å². The van der Waals surface area contributed by atoms with Gasteiger partial charge in [0.15, 0.2) is 0 Å². The second-order valence-electron chi connectivity index (χ2n) is 6.38. The van der Waals surface area contributed by atoms with Crippen LogP contribution in [0.15, 0.2) is 52.9 Å². The molecule has 0 radical (unpaired) electrons. The summed E-state index contributed by atoms with van der Waals surface area (Å²) in [7, 11) is 0. The molecule has 1 aliphatic rings. The molecule has 5 heteroatoms. The molecule has 4 nitrogen and oxygen atoms in total. The average Bonchev–Trinajstić information content (AvgIpc) is 3.05. The maximum atomic E-state index is 12.6. The monoisotopic (exact) mass is 355 g/mol. The SMILES string of the molecule is CC(NC(=O)C1COc2ccc(Cl)cc2C1)c1cc2ccccc2o1. The number of halogens is 1. The lowest BCUT2D eigenvalue weighted by Crippen LogP contribution is -2.38. The first-order valence-corrected chi connectivity index (χ1v) is 8.68. The van der Waals surface area contributed by atoms with E-state index >= 15 is 0 Å². The van der Waals surface area contributed by atoms with Gasteiger partial charge in [0.2, 0.25) is 5.91 Å². The third-order valence-electron chi connectivity index (χ3n) is 4.53. The van der Waals surface area contributed by atoms with Crippen LogP contribution in [-0.4, -0.2) is 12.5 Å². The van der Waals surface area contributed by atoms with E-state index in [0.717, 1.165) is 28.0 Å². The van der Waals surface area contributed by atoms with Crippen molar-refractivity contribution in [2.45, 2.75) is 19.4 Å². The van der Waals surface area contributed by atoms with Crippen molar-refractivity contribution in [3.8, 4) is 5.75 Å².